The third-order valence-electron chi connectivity index (χ3n) is 5.89. The van der Waals surface area contributed by atoms with Crippen LogP contribution in [0.1, 0.15) is 57.1 Å². The van der Waals surface area contributed by atoms with Crippen molar-refractivity contribution < 1.29 is 9.59 Å². The minimum absolute atomic E-state index is 0.0264. The summed E-state index contributed by atoms with van der Waals surface area (Å²) >= 11 is 0. The molecule has 0 saturated carbocycles. The highest BCUT2D eigenvalue weighted by Crippen LogP contribution is 2.28. The zero-order valence-electron chi connectivity index (χ0n) is 17.0. The van der Waals surface area contributed by atoms with Crippen LogP contribution in [0, 0.1) is 11.8 Å². The number of amides is 2. The van der Waals surface area contributed by atoms with Gasteiger partial charge in [0.05, 0.1) is 17.9 Å². The fourth-order valence-corrected chi connectivity index (χ4v) is 4.24. The molecule has 0 aromatic heterocycles. The van der Waals surface area contributed by atoms with Crippen LogP contribution in [0.4, 0.5) is 0 Å². The van der Waals surface area contributed by atoms with Gasteiger partial charge in [-0.05, 0) is 24.8 Å². The Hall–Kier alpha value is -1.92. The van der Waals surface area contributed by atoms with E-state index in [1.807, 2.05) is 23.1 Å². The molecule has 3 rings (SSSR count). The Bertz CT molecular complexity index is 637. The van der Waals surface area contributed by atoms with Crippen molar-refractivity contribution in [3.05, 3.63) is 35.9 Å². The molecule has 2 heterocycles. The number of piperidine rings is 1. The molecule has 2 fully saturated rings. The molecule has 3 N–H and O–H groups in total. The van der Waals surface area contributed by atoms with E-state index < -0.39 is 0 Å². The number of carbonyl (C=O) groups is 2. The van der Waals surface area contributed by atoms with Crippen LogP contribution in [0.3, 0.4) is 0 Å². The van der Waals surface area contributed by atoms with E-state index in [-0.39, 0.29) is 29.7 Å². The summed E-state index contributed by atoms with van der Waals surface area (Å²) in [5.41, 5.74) is 7.50. The summed E-state index contributed by atoms with van der Waals surface area (Å²) in [6.45, 7) is 4.83. The molecule has 0 radical (unpaired) electrons. The standard InChI is InChI=1S/C22H34N4O2/c1-2-3-4-8-13-23-21(27)18-12-9-14-26(16-18)22(28)19-15-24-25-20(19)17-10-6-5-7-11-17/h5-7,10-11,18-20,24-25H,2-4,8-9,12-16H2,1H3,(H,23,27). The first-order valence-corrected chi connectivity index (χ1v) is 10.8. The van der Waals surface area contributed by atoms with Crippen LogP contribution in [-0.4, -0.2) is 42.9 Å². The molecule has 2 amide bonds. The maximum absolute atomic E-state index is 13.2. The Morgan fingerprint density at radius 2 is 2.00 bits per heavy atom. The molecule has 28 heavy (non-hydrogen) atoms. The highest BCUT2D eigenvalue weighted by molar-refractivity contribution is 5.83. The normalized spacial score (nSPS) is 24.9. The lowest BCUT2D eigenvalue weighted by Gasteiger charge is -2.34. The second-order valence-corrected chi connectivity index (χ2v) is 8.00. The number of hydrogen-bond donors (Lipinski definition) is 3. The lowest BCUT2D eigenvalue weighted by Crippen LogP contribution is -2.48. The van der Waals surface area contributed by atoms with E-state index in [0.717, 1.165) is 44.3 Å². The molecule has 154 valence electrons. The molecule has 1 aromatic rings. The molecule has 3 atom stereocenters. The summed E-state index contributed by atoms with van der Waals surface area (Å²) in [6.07, 6.45) is 6.37. The van der Waals surface area contributed by atoms with Crippen molar-refractivity contribution in [2.75, 3.05) is 26.2 Å². The molecule has 2 aliphatic heterocycles. The second-order valence-electron chi connectivity index (χ2n) is 8.00. The number of nitrogens with one attached hydrogen (secondary N) is 3. The van der Waals surface area contributed by atoms with Gasteiger partial charge >= 0.3 is 0 Å². The Balaban J connectivity index is 1.53. The molecular weight excluding hydrogens is 352 g/mol. The number of carbonyl (C=O) groups excluding carboxylic acids is 2. The SMILES string of the molecule is CCCCCCNC(=O)C1CCCN(C(=O)C2CNNC2c2ccccc2)C1. The number of hydrazine groups is 1. The predicted molar refractivity (Wildman–Crippen MR) is 110 cm³/mol. The van der Waals surface area contributed by atoms with Crippen molar-refractivity contribution in [3.63, 3.8) is 0 Å². The zero-order chi connectivity index (χ0) is 19.8. The number of likely N-dealkylation sites (tertiary alicyclic amines) is 1. The second kappa shape index (κ2) is 10.6. The molecule has 3 unspecified atom stereocenters. The largest absolute Gasteiger partial charge is 0.356 e. The van der Waals surface area contributed by atoms with Crippen molar-refractivity contribution in [3.8, 4) is 0 Å². The number of unbranched alkanes of at least 4 members (excludes halogenated alkanes) is 3. The Labute approximate surface area is 168 Å². The first-order chi connectivity index (χ1) is 13.7. The van der Waals surface area contributed by atoms with Gasteiger partial charge in [-0.1, -0.05) is 56.5 Å². The monoisotopic (exact) mass is 386 g/mol. The van der Waals surface area contributed by atoms with Gasteiger partial charge in [-0.3, -0.25) is 15.0 Å². The smallest absolute Gasteiger partial charge is 0.229 e. The maximum Gasteiger partial charge on any atom is 0.229 e. The highest BCUT2D eigenvalue weighted by Gasteiger charge is 2.38. The van der Waals surface area contributed by atoms with Crippen LogP contribution in [0.15, 0.2) is 30.3 Å². The summed E-state index contributed by atoms with van der Waals surface area (Å²) in [5, 5.41) is 3.07. The van der Waals surface area contributed by atoms with Gasteiger partial charge in [0, 0.05) is 26.2 Å². The van der Waals surface area contributed by atoms with Gasteiger partial charge in [0.2, 0.25) is 11.8 Å². The summed E-state index contributed by atoms with van der Waals surface area (Å²) in [5.74, 6) is 0.0303. The van der Waals surface area contributed by atoms with E-state index in [4.69, 9.17) is 0 Å². The molecular formula is C22H34N4O2. The average Bonchev–Trinajstić information content (AvgIpc) is 3.23. The quantitative estimate of drug-likeness (QED) is 0.600. The average molecular weight is 387 g/mol. The molecule has 0 spiro atoms. The number of hydrogen-bond acceptors (Lipinski definition) is 4. The lowest BCUT2D eigenvalue weighted by atomic mass is 9.91. The van der Waals surface area contributed by atoms with E-state index in [2.05, 4.69) is 35.2 Å². The van der Waals surface area contributed by atoms with E-state index in [0.29, 0.717) is 13.1 Å². The van der Waals surface area contributed by atoms with Crippen LogP contribution < -0.4 is 16.2 Å². The fourth-order valence-electron chi connectivity index (χ4n) is 4.24. The summed E-state index contributed by atoms with van der Waals surface area (Å²) < 4.78 is 0. The zero-order valence-corrected chi connectivity index (χ0v) is 17.0. The molecule has 6 heteroatoms. The van der Waals surface area contributed by atoms with Crippen LogP contribution in [0.2, 0.25) is 0 Å². The van der Waals surface area contributed by atoms with Crippen molar-refractivity contribution in [2.24, 2.45) is 11.8 Å². The van der Waals surface area contributed by atoms with E-state index in [1.165, 1.54) is 12.8 Å². The van der Waals surface area contributed by atoms with Gasteiger partial charge in [-0.15, -0.1) is 0 Å². The fraction of sp³-hybridized carbons (Fsp3) is 0.636. The lowest BCUT2D eigenvalue weighted by molar-refractivity contribution is -0.139. The van der Waals surface area contributed by atoms with Gasteiger partial charge in [0.15, 0.2) is 0 Å². The molecule has 0 bridgehead atoms. The summed E-state index contributed by atoms with van der Waals surface area (Å²) in [6, 6.07) is 10.1. The highest BCUT2D eigenvalue weighted by atomic mass is 16.2. The molecule has 6 nitrogen and oxygen atoms in total. The van der Waals surface area contributed by atoms with Crippen LogP contribution in [0.5, 0.6) is 0 Å². The van der Waals surface area contributed by atoms with E-state index in [9.17, 15) is 9.59 Å². The summed E-state index contributed by atoms with van der Waals surface area (Å²) in [7, 11) is 0. The number of rotatable bonds is 8. The van der Waals surface area contributed by atoms with Crippen LogP contribution >= 0.6 is 0 Å². The first-order valence-electron chi connectivity index (χ1n) is 10.8. The van der Waals surface area contributed by atoms with E-state index in [1.54, 1.807) is 0 Å². The number of benzene rings is 1. The van der Waals surface area contributed by atoms with Crippen molar-refractivity contribution in [1.82, 2.24) is 21.1 Å². The van der Waals surface area contributed by atoms with E-state index >= 15 is 0 Å². The third kappa shape index (κ3) is 5.32. The Morgan fingerprint density at radius 1 is 1.18 bits per heavy atom. The Morgan fingerprint density at radius 3 is 2.79 bits per heavy atom. The van der Waals surface area contributed by atoms with Gasteiger partial charge in [-0.2, -0.15) is 0 Å². The van der Waals surface area contributed by atoms with Crippen LogP contribution in [-0.2, 0) is 9.59 Å². The van der Waals surface area contributed by atoms with Crippen molar-refractivity contribution in [2.45, 2.75) is 51.5 Å². The van der Waals surface area contributed by atoms with Gasteiger partial charge in [0.25, 0.3) is 0 Å². The maximum atomic E-state index is 13.2. The topological polar surface area (TPSA) is 73.5 Å². The van der Waals surface area contributed by atoms with Crippen molar-refractivity contribution in [1.29, 1.82) is 0 Å². The number of nitrogens with zero attached hydrogens (tertiary/aromatic N) is 1. The van der Waals surface area contributed by atoms with Crippen molar-refractivity contribution >= 4 is 11.8 Å². The summed E-state index contributed by atoms with van der Waals surface area (Å²) in [4.78, 5) is 27.6. The minimum atomic E-state index is -0.141. The minimum Gasteiger partial charge on any atom is -0.356 e. The van der Waals surface area contributed by atoms with Gasteiger partial charge in [-0.25, -0.2) is 5.43 Å². The first kappa shape index (κ1) is 20.8. The third-order valence-corrected chi connectivity index (χ3v) is 5.89. The molecule has 0 aliphatic carbocycles. The molecule has 2 saturated heterocycles. The predicted octanol–water partition coefficient (Wildman–Crippen LogP) is 2.39. The van der Waals surface area contributed by atoms with Crippen LogP contribution in [0.25, 0.3) is 0 Å². The molecule has 1 aromatic carbocycles. The van der Waals surface area contributed by atoms with Gasteiger partial charge < -0.3 is 10.2 Å². The molecule has 2 aliphatic rings. The Kier molecular flexibility index (Phi) is 7.86. The van der Waals surface area contributed by atoms with Gasteiger partial charge in [0.1, 0.15) is 0 Å².